The van der Waals surface area contributed by atoms with E-state index in [4.69, 9.17) is 23.9 Å². The first kappa shape index (κ1) is 44.7. The molecule has 0 aliphatic carbocycles. The number of ether oxygens (including phenoxy) is 4. The van der Waals surface area contributed by atoms with E-state index in [1.807, 2.05) is 0 Å². The van der Waals surface area contributed by atoms with Crippen molar-refractivity contribution in [2.75, 3.05) is 32.1 Å². The van der Waals surface area contributed by atoms with Gasteiger partial charge in [-0.1, -0.05) is 52.8 Å². The Kier molecular flexibility index (Phi) is 12.9. The van der Waals surface area contributed by atoms with Gasteiger partial charge in [0.2, 0.25) is 0 Å². The van der Waals surface area contributed by atoms with Crippen molar-refractivity contribution in [1.29, 1.82) is 0 Å². The number of benzene rings is 2. The molecule has 7 rings (SSSR count). The van der Waals surface area contributed by atoms with E-state index in [2.05, 4.69) is 22.1 Å². The number of ketones is 1. The van der Waals surface area contributed by atoms with E-state index in [9.17, 15) is 34.8 Å². The maximum atomic E-state index is 14.7. The molecule has 9 atom stereocenters. The summed E-state index contributed by atoms with van der Waals surface area (Å²) < 4.78 is 24.0. The van der Waals surface area contributed by atoms with Crippen molar-refractivity contribution < 1.29 is 53.8 Å². The number of hydrogen-bond acceptors (Lipinski definition) is 14. The second kappa shape index (κ2) is 17.3. The first-order valence-corrected chi connectivity index (χ1v) is 20.9. The van der Waals surface area contributed by atoms with Gasteiger partial charge < -0.3 is 49.6 Å². The monoisotopic (exact) mass is 832 g/mol. The molecular formula is C45H60N4O11. The lowest BCUT2D eigenvalue weighted by atomic mass is 9.78. The molecule has 5 aliphatic rings. The van der Waals surface area contributed by atoms with Crippen LogP contribution in [-0.2, 0) is 23.8 Å². The van der Waals surface area contributed by atoms with Crippen molar-refractivity contribution in [3.05, 3.63) is 58.0 Å². The Hall–Kier alpha value is -4.83. The number of nitrogens with one attached hydrogen (secondary N) is 1. The second-order valence-corrected chi connectivity index (χ2v) is 17.1. The van der Waals surface area contributed by atoms with Crippen LogP contribution in [0.5, 0.6) is 17.2 Å². The van der Waals surface area contributed by atoms with Crippen LogP contribution in [0.3, 0.4) is 0 Å². The van der Waals surface area contributed by atoms with Crippen molar-refractivity contribution in [1.82, 2.24) is 4.90 Å². The molecule has 0 saturated carbocycles. The number of aliphatic hydroxyl groups excluding tert-OH is 2. The minimum absolute atomic E-state index is 0.0549. The number of likely N-dealkylation sites (tertiary alicyclic amines) is 1. The number of phenols is 2. The number of aromatic hydroxyl groups is 2. The summed E-state index contributed by atoms with van der Waals surface area (Å²) >= 11 is 0. The lowest BCUT2D eigenvalue weighted by molar-refractivity contribution is -0.160. The topological polar surface area (TPSA) is 209 Å². The number of methoxy groups -OCH3 is 1. The zero-order valence-corrected chi connectivity index (χ0v) is 36.2. The molecule has 15 nitrogen and oxygen atoms in total. The van der Waals surface area contributed by atoms with Gasteiger partial charge in [-0.25, -0.2) is 4.99 Å². The quantitative estimate of drug-likeness (QED) is 0.213. The number of esters is 1. The predicted molar refractivity (Wildman–Crippen MR) is 223 cm³/mol. The number of phenolic OH excluding ortho intramolecular Hbond substituents is 2. The van der Waals surface area contributed by atoms with E-state index < -0.39 is 82.9 Å². The van der Waals surface area contributed by atoms with Gasteiger partial charge in [-0.2, -0.15) is 0 Å². The van der Waals surface area contributed by atoms with Gasteiger partial charge in [0.25, 0.3) is 11.7 Å². The number of anilines is 1. The van der Waals surface area contributed by atoms with E-state index in [1.54, 1.807) is 59.8 Å². The number of carbonyl (C=O) groups is 3. The van der Waals surface area contributed by atoms with Gasteiger partial charge in [0, 0.05) is 87.1 Å². The molecule has 326 valence electrons. The van der Waals surface area contributed by atoms with Crippen LogP contribution in [0, 0.1) is 30.6 Å². The fraction of sp³-hybridized carbons (Fsp3) is 0.578. The lowest BCUT2D eigenvalue weighted by Crippen LogP contribution is -2.46. The molecule has 2 aromatic carbocycles. The number of carbonyl (C=O) groups excluding carboxylic acids is 3. The molecule has 60 heavy (non-hydrogen) atoms. The third-order valence-corrected chi connectivity index (χ3v) is 12.8. The number of fused-ring (bicyclic) bond motifs is 13. The molecule has 2 aromatic rings. The number of amides is 1. The SMILES string of the molecule is CCCN1CCC2(CC1)N=c1c(c3c4c5c(C)c(O)c3c(O)c1=NC(=O)/C(C)=C\C=C/[C@H](C)[C@H](O)[C@@H](C)[C@@H](O)[C@@H](C)[C@H](OC(C)=O)[C@H](C)[C@@H](OC)/C=C\O[C@@](C)(O5)C4=O)N2. The summed E-state index contributed by atoms with van der Waals surface area (Å²) in [6, 6.07) is 0. The summed E-state index contributed by atoms with van der Waals surface area (Å²) in [5.41, 5.74) is -0.0963. The van der Waals surface area contributed by atoms with E-state index in [0.29, 0.717) is 18.5 Å². The van der Waals surface area contributed by atoms with Crippen molar-refractivity contribution >= 4 is 34.1 Å². The fourth-order valence-corrected chi connectivity index (χ4v) is 9.08. The maximum Gasteiger partial charge on any atom is 0.312 e. The van der Waals surface area contributed by atoms with Crippen molar-refractivity contribution in [2.45, 2.75) is 117 Å². The van der Waals surface area contributed by atoms with E-state index in [1.165, 1.54) is 33.3 Å². The van der Waals surface area contributed by atoms with Crippen LogP contribution in [0.15, 0.2) is 46.1 Å². The number of Topliss-reactive ketones (excluding diaryl/α,β-unsaturated/α-hetero) is 1. The molecule has 0 radical (unpaired) electrons. The average molecular weight is 833 g/mol. The van der Waals surface area contributed by atoms with Crippen molar-refractivity contribution in [3.63, 3.8) is 0 Å². The molecular weight excluding hydrogens is 773 g/mol. The molecule has 5 N–H and O–H groups in total. The number of piperidine rings is 1. The van der Waals surface area contributed by atoms with Crippen molar-refractivity contribution in [3.8, 4) is 17.2 Å². The number of allylic oxidation sites excluding steroid dienone is 2. The molecule has 5 heterocycles. The van der Waals surface area contributed by atoms with Gasteiger partial charge in [-0.3, -0.25) is 19.4 Å². The molecule has 1 spiro atoms. The summed E-state index contributed by atoms with van der Waals surface area (Å²) in [7, 11) is 1.47. The minimum Gasteiger partial charge on any atom is -0.507 e. The number of hydrogen-bond donors (Lipinski definition) is 5. The standard InChI is InChI=1S/C45H60N4O11/c1-11-18-49-19-16-45(17-20-49)47-33-30-31-38(53)27(7)41-32(30)42(55)44(9,60-41)58-21-15-29(57-10)24(4)40(59-28(8)50)26(6)37(52)25(5)36(51)22(2)13-12-14-23(3)43(56)46-35(39(31)54)34(33)48-45/h12-15,21-22,24-26,29,36-37,40,47,51-54H,11,16-20H2,1-10H3/b13-12-,21-15-,23-14-,46-35?/t22-,24+,25+,26+,29-,36-,37+,40+,44-/m0/s1. The van der Waals surface area contributed by atoms with Gasteiger partial charge in [0.15, 0.2) is 5.75 Å². The maximum absolute atomic E-state index is 14.7. The Labute approximate surface area is 350 Å². The summed E-state index contributed by atoms with van der Waals surface area (Å²) in [5.74, 6) is -7.02. The second-order valence-electron chi connectivity index (χ2n) is 17.1. The van der Waals surface area contributed by atoms with Crippen LogP contribution in [0.25, 0.3) is 10.8 Å². The lowest BCUT2D eigenvalue weighted by Gasteiger charge is -2.38. The van der Waals surface area contributed by atoms with Crippen LogP contribution in [0.1, 0.15) is 90.6 Å². The molecule has 1 fully saturated rings. The minimum atomic E-state index is -1.95. The highest BCUT2D eigenvalue weighted by atomic mass is 16.7. The van der Waals surface area contributed by atoms with Crippen LogP contribution in [0.2, 0.25) is 0 Å². The third-order valence-electron chi connectivity index (χ3n) is 12.8. The Bertz CT molecular complexity index is 2260. The molecule has 15 heteroatoms. The van der Waals surface area contributed by atoms with Gasteiger partial charge >= 0.3 is 11.8 Å². The summed E-state index contributed by atoms with van der Waals surface area (Å²) in [6.45, 7) is 17.4. The molecule has 5 aliphatic heterocycles. The first-order valence-electron chi connectivity index (χ1n) is 20.9. The third kappa shape index (κ3) is 8.04. The summed E-state index contributed by atoms with van der Waals surface area (Å²) in [5, 5.41) is 50.5. The Balaban J connectivity index is 1.56. The van der Waals surface area contributed by atoms with Crippen LogP contribution in [0.4, 0.5) is 5.69 Å². The predicted octanol–water partition coefficient (Wildman–Crippen LogP) is 4.50. The Morgan fingerprint density at radius 1 is 0.983 bits per heavy atom. The molecule has 1 amide bonds. The van der Waals surface area contributed by atoms with E-state index in [0.717, 1.165) is 26.1 Å². The first-order chi connectivity index (χ1) is 28.3. The summed E-state index contributed by atoms with van der Waals surface area (Å²) in [6.07, 6.45) is 6.08. The van der Waals surface area contributed by atoms with Gasteiger partial charge in [-0.15, -0.1) is 0 Å². The average Bonchev–Trinajstić information content (AvgIpc) is 3.71. The molecule has 0 unspecified atom stereocenters. The molecule has 0 aromatic heterocycles. The zero-order valence-electron chi connectivity index (χ0n) is 36.2. The Morgan fingerprint density at radius 3 is 2.30 bits per heavy atom. The van der Waals surface area contributed by atoms with Gasteiger partial charge in [0.1, 0.15) is 34.0 Å². The van der Waals surface area contributed by atoms with E-state index in [-0.39, 0.29) is 49.7 Å². The smallest absolute Gasteiger partial charge is 0.312 e. The van der Waals surface area contributed by atoms with Crippen LogP contribution >= 0.6 is 0 Å². The number of rotatable bonds is 4. The Morgan fingerprint density at radius 2 is 1.67 bits per heavy atom. The number of aliphatic hydroxyl groups is 2. The fourth-order valence-electron chi connectivity index (χ4n) is 9.08. The van der Waals surface area contributed by atoms with Crippen LogP contribution < -0.4 is 20.8 Å². The number of nitrogens with zero attached hydrogens (tertiary/aromatic N) is 3. The highest BCUT2D eigenvalue weighted by Crippen LogP contribution is 2.51. The van der Waals surface area contributed by atoms with Crippen molar-refractivity contribution in [2.24, 2.45) is 33.7 Å². The van der Waals surface area contributed by atoms with Crippen LogP contribution in [-0.4, -0.2) is 106 Å². The van der Waals surface area contributed by atoms with Gasteiger partial charge in [-0.05, 0) is 32.9 Å². The highest BCUT2D eigenvalue weighted by molar-refractivity contribution is 6.21. The highest BCUT2D eigenvalue weighted by Gasteiger charge is 2.50. The van der Waals surface area contributed by atoms with Gasteiger partial charge in [0.05, 0.1) is 41.2 Å². The normalized spacial score (nSPS) is 32.9. The summed E-state index contributed by atoms with van der Waals surface area (Å²) in [4.78, 5) is 52.8. The molecule has 1 saturated heterocycles. The largest absolute Gasteiger partial charge is 0.507 e. The zero-order chi connectivity index (χ0) is 44.0. The van der Waals surface area contributed by atoms with E-state index >= 15 is 0 Å². The molecule has 5 bridgehead atoms.